The van der Waals surface area contributed by atoms with E-state index in [1.165, 1.54) is 69.7 Å². The lowest BCUT2D eigenvalue weighted by atomic mass is 9.85. The molecule has 1 nitrogen and oxygen atoms in total. The zero-order valence-electron chi connectivity index (χ0n) is 22.7. The second-order valence-electron chi connectivity index (χ2n) is 10.8. The predicted octanol–water partition coefficient (Wildman–Crippen LogP) is 12.1. The Morgan fingerprint density at radius 1 is 0.429 bits per heavy atom. The van der Waals surface area contributed by atoms with Gasteiger partial charge in [0, 0.05) is 25.7 Å². The molecule has 2 heteroatoms. The summed E-state index contributed by atoms with van der Waals surface area (Å²) in [6.07, 6.45) is 0. The summed E-state index contributed by atoms with van der Waals surface area (Å²) in [5.74, 6) is 0. The number of thiophene rings is 1. The van der Waals surface area contributed by atoms with Gasteiger partial charge in [0.15, 0.2) is 0 Å². The van der Waals surface area contributed by atoms with Crippen molar-refractivity contribution in [2.24, 2.45) is 0 Å². The fourth-order valence-electron chi connectivity index (χ4n) is 6.67. The highest BCUT2D eigenvalue weighted by Crippen LogP contribution is 2.50. The molecule has 9 aromatic rings. The largest absolute Gasteiger partial charge is 0.455 e. The summed E-state index contributed by atoms with van der Waals surface area (Å²) in [5.41, 5.74) is 8.10. The van der Waals surface area contributed by atoms with Gasteiger partial charge in [0.1, 0.15) is 11.2 Å². The van der Waals surface area contributed by atoms with E-state index in [0.717, 1.165) is 16.6 Å². The molecule has 0 spiro atoms. The van der Waals surface area contributed by atoms with Crippen LogP contribution < -0.4 is 0 Å². The maximum atomic E-state index is 6.70. The van der Waals surface area contributed by atoms with Crippen LogP contribution in [0.15, 0.2) is 150 Å². The molecule has 0 saturated carbocycles. The molecule has 0 atom stereocenters. The third-order valence-electron chi connectivity index (χ3n) is 8.47. The zero-order valence-corrected chi connectivity index (χ0v) is 23.5. The summed E-state index contributed by atoms with van der Waals surface area (Å²) in [6.45, 7) is 0. The molecule has 0 aliphatic heterocycles. The Hall–Kier alpha value is -5.18. The van der Waals surface area contributed by atoms with Gasteiger partial charge in [0.25, 0.3) is 0 Å². The Labute approximate surface area is 246 Å². The van der Waals surface area contributed by atoms with E-state index in [2.05, 4.69) is 146 Å². The third kappa shape index (κ3) is 3.43. The van der Waals surface area contributed by atoms with Crippen LogP contribution in [0, 0.1) is 0 Å². The second kappa shape index (κ2) is 9.17. The number of hydrogen-bond acceptors (Lipinski definition) is 2. The van der Waals surface area contributed by atoms with Crippen LogP contribution in [0.1, 0.15) is 0 Å². The minimum Gasteiger partial charge on any atom is -0.455 e. The topological polar surface area (TPSA) is 13.1 Å². The van der Waals surface area contributed by atoms with Crippen molar-refractivity contribution in [2.75, 3.05) is 0 Å². The fourth-order valence-corrected chi connectivity index (χ4v) is 7.78. The number of benzene rings is 7. The quantitative estimate of drug-likeness (QED) is 0.199. The summed E-state index contributed by atoms with van der Waals surface area (Å²) in [4.78, 5) is 1.25. The van der Waals surface area contributed by atoms with Crippen molar-refractivity contribution in [3.8, 4) is 32.7 Å². The minimum absolute atomic E-state index is 0.920. The first-order valence-electron chi connectivity index (χ1n) is 14.3. The standard InChI is InChI=1S/C40H24OS/c1-3-13-25(14-4-1)35-23-32-36(42-35)24-33(39-31-21-11-12-22-34(31)41-40(32)39)38-29-19-9-7-17-27(29)37(26-15-5-2-6-16-26)28-18-8-10-20-30(28)38/h1-24H. The molecule has 2 aromatic heterocycles. The van der Waals surface area contributed by atoms with Gasteiger partial charge in [0.2, 0.25) is 0 Å². The Morgan fingerprint density at radius 2 is 0.952 bits per heavy atom. The lowest BCUT2D eigenvalue weighted by Crippen LogP contribution is -1.91. The van der Waals surface area contributed by atoms with Crippen molar-refractivity contribution in [1.82, 2.24) is 0 Å². The molecular weight excluding hydrogens is 529 g/mol. The highest BCUT2D eigenvalue weighted by atomic mass is 32.1. The van der Waals surface area contributed by atoms with Crippen LogP contribution in [-0.2, 0) is 0 Å². The summed E-state index contributed by atoms with van der Waals surface area (Å²) in [5, 5.41) is 8.52. The van der Waals surface area contributed by atoms with Gasteiger partial charge in [-0.05, 0) is 67.6 Å². The Kier molecular flexibility index (Phi) is 5.13. The van der Waals surface area contributed by atoms with Gasteiger partial charge in [0.05, 0.1) is 0 Å². The highest BCUT2D eigenvalue weighted by molar-refractivity contribution is 7.22. The summed E-state index contributed by atoms with van der Waals surface area (Å²) >= 11 is 1.83. The van der Waals surface area contributed by atoms with Crippen molar-refractivity contribution in [3.63, 3.8) is 0 Å². The van der Waals surface area contributed by atoms with Crippen LogP contribution in [0.2, 0.25) is 0 Å². The van der Waals surface area contributed by atoms with Gasteiger partial charge >= 0.3 is 0 Å². The normalized spacial score (nSPS) is 11.8. The zero-order chi connectivity index (χ0) is 27.6. The van der Waals surface area contributed by atoms with E-state index < -0.39 is 0 Å². The molecule has 0 unspecified atom stereocenters. The van der Waals surface area contributed by atoms with Gasteiger partial charge in [-0.3, -0.25) is 0 Å². The molecule has 0 amide bonds. The Bertz CT molecular complexity index is 2390. The molecule has 7 aromatic carbocycles. The van der Waals surface area contributed by atoms with Crippen molar-refractivity contribution < 1.29 is 4.42 Å². The van der Waals surface area contributed by atoms with Crippen LogP contribution in [0.5, 0.6) is 0 Å². The lowest BCUT2D eigenvalue weighted by Gasteiger charge is -2.18. The monoisotopic (exact) mass is 552 g/mol. The Balaban J connectivity index is 1.48. The number of fused-ring (bicyclic) bond motifs is 7. The maximum Gasteiger partial charge on any atom is 0.144 e. The highest BCUT2D eigenvalue weighted by Gasteiger charge is 2.22. The van der Waals surface area contributed by atoms with Crippen molar-refractivity contribution in [2.45, 2.75) is 0 Å². The van der Waals surface area contributed by atoms with Gasteiger partial charge in [-0.1, -0.05) is 127 Å². The third-order valence-corrected chi connectivity index (χ3v) is 9.60. The van der Waals surface area contributed by atoms with Crippen molar-refractivity contribution >= 4 is 64.9 Å². The second-order valence-corrected chi connectivity index (χ2v) is 11.9. The van der Waals surface area contributed by atoms with Crippen molar-refractivity contribution in [3.05, 3.63) is 146 Å². The van der Waals surface area contributed by atoms with E-state index in [1.807, 2.05) is 11.3 Å². The smallest absolute Gasteiger partial charge is 0.144 e. The SMILES string of the molecule is c1ccc(-c2cc3c(cc(-c4c5ccccc5c(-c5ccccc5)c5ccccc45)c4c5ccccc5oc34)s2)cc1. The van der Waals surface area contributed by atoms with E-state index in [0.29, 0.717) is 0 Å². The summed E-state index contributed by atoms with van der Waals surface area (Å²) in [6, 6.07) is 52.4. The number of para-hydroxylation sites is 1. The molecular formula is C40H24OS. The fraction of sp³-hybridized carbons (Fsp3) is 0. The summed E-state index contributed by atoms with van der Waals surface area (Å²) in [7, 11) is 0. The van der Waals surface area contributed by atoms with Crippen LogP contribution in [0.3, 0.4) is 0 Å². The molecule has 0 bridgehead atoms. The molecule has 0 aliphatic carbocycles. The van der Waals surface area contributed by atoms with Crippen LogP contribution in [-0.4, -0.2) is 0 Å². The van der Waals surface area contributed by atoms with Crippen LogP contribution >= 0.6 is 11.3 Å². The van der Waals surface area contributed by atoms with E-state index in [-0.39, 0.29) is 0 Å². The van der Waals surface area contributed by atoms with Gasteiger partial charge < -0.3 is 4.42 Å². The first-order chi connectivity index (χ1) is 20.8. The van der Waals surface area contributed by atoms with Crippen LogP contribution in [0.4, 0.5) is 0 Å². The lowest BCUT2D eigenvalue weighted by molar-refractivity contribution is 0.673. The number of hydrogen-bond donors (Lipinski definition) is 0. The molecule has 196 valence electrons. The maximum absolute atomic E-state index is 6.70. The van der Waals surface area contributed by atoms with Crippen LogP contribution in [0.25, 0.3) is 86.3 Å². The number of rotatable bonds is 3. The average Bonchev–Trinajstić information content (AvgIpc) is 3.66. The van der Waals surface area contributed by atoms with E-state index in [4.69, 9.17) is 4.42 Å². The first kappa shape index (κ1) is 23.5. The minimum atomic E-state index is 0.920. The molecule has 0 saturated heterocycles. The summed E-state index contributed by atoms with van der Waals surface area (Å²) < 4.78 is 7.93. The van der Waals surface area contributed by atoms with Gasteiger partial charge in [-0.25, -0.2) is 0 Å². The molecule has 0 aliphatic rings. The molecule has 42 heavy (non-hydrogen) atoms. The molecule has 2 heterocycles. The molecule has 0 radical (unpaired) electrons. The molecule has 0 fully saturated rings. The van der Waals surface area contributed by atoms with E-state index >= 15 is 0 Å². The van der Waals surface area contributed by atoms with Gasteiger partial charge in [-0.15, -0.1) is 11.3 Å². The average molecular weight is 553 g/mol. The van der Waals surface area contributed by atoms with Gasteiger partial charge in [-0.2, -0.15) is 0 Å². The van der Waals surface area contributed by atoms with E-state index in [9.17, 15) is 0 Å². The first-order valence-corrected chi connectivity index (χ1v) is 15.1. The van der Waals surface area contributed by atoms with Crippen molar-refractivity contribution in [1.29, 1.82) is 0 Å². The predicted molar refractivity (Wildman–Crippen MR) is 180 cm³/mol. The molecule has 9 rings (SSSR count). The molecule has 0 N–H and O–H groups in total. The van der Waals surface area contributed by atoms with E-state index in [1.54, 1.807) is 0 Å². The Morgan fingerprint density at radius 3 is 1.60 bits per heavy atom. The number of furan rings is 1.